The quantitative estimate of drug-likeness (QED) is 0.898. The van der Waals surface area contributed by atoms with Crippen LogP contribution in [0.2, 0.25) is 0 Å². The van der Waals surface area contributed by atoms with Gasteiger partial charge in [0.05, 0.1) is 31.8 Å². The van der Waals surface area contributed by atoms with Crippen molar-refractivity contribution < 1.29 is 28.6 Å². The fourth-order valence-corrected chi connectivity index (χ4v) is 2.94. The number of carbonyl (C=O) groups excluding carboxylic acids is 1. The first kappa shape index (κ1) is 17.5. The van der Waals surface area contributed by atoms with Crippen molar-refractivity contribution in [1.29, 1.82) is 0 Å². The van der Waals surface area contributed by atoms with Crippen molar-refractivity contribution in [2.24, 2.45) is 0 Å². The van der Waals surface area contributed by atoms with E-state index in [0.29, 0.717) is 19.5 Å². The van der Waals surface area contributed by atoms with Crippen molar-refractivity contribution in [1.82, 2.24) is 9.80 Å². The molecule has 7 nitrogen and oxygen atoms in total. The van der Waals surface area contributed by atoms with Gasteiger partial charge in [-0.25, -0.2) is 14.0 Å². The molecule has 25 heavy (non-hydrogen) atoms. The molecule has 0 saturated carbocycles. The van der Waals surface area contributed by atoms with E-state index in [1.165, 1.54) is 4.90 Å². The summed E-state index contributed by atoms with van der Waals surface area (Å²) in [5.74, 6) is 0. The van der Waals surface area contributed by atoms with E-state index in [1.807, 2.05) is 30.3 Å². The lowest BCUT2D eigenvalue weighted by Gasteiger charge is -2.42. The molecule has 1 N–H and O–H groups in total. The maximum absolute atomic E-state index is 14.0. The number of halogens is 1. The smallest absolute Gasteiger partial charge is 0.410 e. The predicted octanol–water partition coefficient (Wildman–Crippen LogP) is 2.11. The molecule has 0 spiro atoms. The third kappa shape index (κ3) is 4.39. The van der Waals surface area contributed by atoms with Gasteiger partial charge < -0.3 is 24.4 Å². The Bertz CT molecular complexity index is 608. The van der Waals surface area contributed by atoms with Crippen LogP contribution in [0.4, 0.5) is 14.0 Å². The minimum Gasteiger partial charge on any atom is -0.465 e. The number of carboxylic acid groups (broad SMARTS) is 1. The first-order valence-electron chi connectivity index (χ1n) is 8.26. The lowest BCUT2D eigenvalue weighted by Crippen LogP contribution is -2.58. The Kier molecular flexibility index (Phi) is 5.37. The summed E-state index contributed by atoms with van der Waals surface area (Å²) >= 11 is 0. The summed E-state index contributed by atoms with van der Waals surface area (Å²) in [5, 5.41) is 8.87. The van der Waals surface area contributed by atoms with Gasteiger partial charge in [-0.3, -0.25) is 0 Å². The molecule has 0 aromatic heterocycles. The highest BCUT2D eigenvalue weighted by atomic mass is 19.1. The Labute approximate surface area is 144 Å². The zero-order valence-electron chi connectivity index (χ0n) is 13.7. The zero-order chi connectivity index (χ0) is 17.8. The minimum atomic E-state index is -1.34. The van der Waals surface area contributed by atoms with Gasteiger partial charge in [-0.1, -0.05) is 30.3 Å². The van der Waals surface area contributed by atoms with E-state index in [9.17, 15) is 14.0 Å². The van der Waals surface area contributed by atoms with Gasteiger partial charge in [-0.2, -0.15) is 0 Å². The number of likely N-dealkylation sites (tertiary alicyclic amines) is 2. The summed E-state index contributed by atoms with van der Waals surface area (Å²) in [7, 11) is 0. The number of nitrogens with zero attached hydrogens (tertiary/aromatic N) is 2. The Morgan fingerprint density at radius 2 is 1.88 bits per heavy atom. The summed E-state index contributed by atoms with van der Waals surface area (Å²) in [5.41, 5.74) is 0.912. The van der Waals surface area contributed by atoms with E-state index < -0.39 is 24.5 Å². The van der Waals surface area contributed by atoms with Gasteiger partial charge in [0.15, 0.2) is 0 Å². The number of carbonyl (C=O) groups is 2. The predicted molar refractivity (Wildman–Crippen MR) is 86.0 cm³/mol. The standard InChI is InChI=1S/C17H21FN2O5/c18-14-10-19(16(21)22)7-6-15(14)25-13-8-20(9-13)17(23)24-11-12-4-2-1-3-5-12/h1-5,13-15H,6-11H2,(H,21,22)/t14-,15-/m0/s1. The summed E-state index contributed by atoms with van der Waals surface area (Å²) in [6.45, 7) is 1.02. The Morgan fingerprint density at radius 3 is 2.52 bits per heavy atom. The highest BCUT2D eigenvalue weighted by Crippen LogP contribution is 2.23. The average Bonchev–Trinajstić information content (AvgIpc) is 2.57. The summed E-state index contributed by atoms with van der Waals surface area (Å²) in [4.78, 5) is 25.3. The maximum Gasteiger partial charge on any atom is 0.410 e. The molecular weight excluding hydrogens is 331 g/mol. The molecule has 0 unspecified atom stereocenters. The zero-order valence-corrected chi connectivity index (χ0v) is 13.7. The van der Waals surface area contributed by atoms with Gasteiger partial charge in [0, 0.05) is 6.54 Å². The second kappa shape index (κ2) is 7.69. The van der Waals surface area contributed by atoms with Crippen LogP contribution >= 0.6 is 0 Å². The first-order chi connectivity index (χ1) is 12.0. The summed E-state index contributed by atoms with van der Waals surface area (Å²) in [6.07, 6.45) is -3.41. The SMILES string of the molecule is O=C(O)N1CC[C@H](OC2CN(C(=O)OCc3ccccc3)C2)[C@@H](F)C1. The van der Waals surface area contributed by atoms with Gasteiger partial charge in [-0.05, 0) is 12.0 Å². The van der Waals surface area contributed by atoms with Crippen molar-refractivity contribution >= 4 is 12.2 Å². The number of benzene rings is 1. The molecule has 2 fully saturated rings. The number of amides is 2. The van der Waals surface area contributed by atoms with Crippen molar-refractivity contribution in [3.63, 3.8) is 0 Å². The molecule has 1 aromatic rings. The topological polar surface area (TPSA) is 79.3 Å². The van der Waals surface area contributed by atoms with E-state index in [0.717, 1.165) is 10.5 Å². The molecule has 8 heteroatoms. The van der Waals surface area contributed by atoms with Crippen LogP contribution in [0, 0.1) is 0 Å². The molecule has 2 atom stereocenters. The second-order valence-corrected chi connectivity index (χ2v) is 6.27. The molecule has 136 valence electrons. The van der Waals surface area contributed by atoms with E-state index in [2.05, 4.69) is 0 Å². The van der Waals surface area contributed by atoms with Crippen LogP contribution in [0.15, 0.2) is 30.3 Å². The molecule has 2 amide bonds. The highest BCUT2D eigenvalue weighted by Gasteiger charge is 2.38. The van der Waals surface area contributed by atoms with Gasteiger partial charge in [0.25, 0.3) is 0 Å². The van der Waals surface area contributed by atoms with Crippen LogP contribution in [0.3, 0.4) is 0 Å². The number of hydrogen-bond donors (Lipinski definition) is 1. The normalized spacial score (nSPS) is 23.9. The van der Waals surface area contributed by atoms with E-state index >= 15 is 0 Å². The monoisotopic (exact) mass is 352 g/mol. The molecule has 2 aliphatic heterocycles. The van der Waals surface area contributed by atoms with Crippen LogP contribution < -0.4 is 0 Å². The van der Waals surface area contributed by atoms with Gasteiger partial charge >= 0.3 is 12.2 Å². The van der Waals surface area contributed by atoms with Gasteiger partial charge in [-0.15, -0.1) is 0 Å². The maximum atomic E-state index is 14.0. The molecule has 3 rings (SSSR count). The molecule has 1 aromatic carbocycles. The first-order valence-corrected chi connectivity index (χ1v) is 8.26. The average molecular weight is 352 g/mol. The molecule has 0 radical (unpaired) electrons. The number of alkyl halides is 1. The Morgan fingerprint density at radius 1 is 1.16 bits per heavy atom. The van der Waals surface area contributed by atoms with Crippen LogP contribution in [0.25, 0.3) is 0 Å². The van der Waals surface area contributed by atoms with Crippen LogP contribution in [0.5, 0.6) is 0 Å². The third-order valence-corrected chi connectivity index (χ3v) is 4.43. The van der Waals surface area contributed by atoms with Crippen molar-refractivity contribution in [3.8, 4) is 0 Å². The van der Waals surface area contributed by atoms with E-state index in [4.69, 9.17) is 14.6 Å². The molecule has 0 aliphatic carbocycles. The molecule has 2 saturated heterocycles. The van der Waals surface area contributed by atoms with Gasteiger partial charge in [0.1, 0.15) is 12.8 Å². The number of ether oxygens (including phenoxy) is 2. The molecular formula is C17H21FN2O5. The van der Waals surface area contributed by atoms with Crippen molar-refractivity contribution in [2.75, 3.05) is 26.2 Å². The van der Waals surface area contributed by atoms with E-state index in [1.54, 1.807) is 0 Å². The second-order valence-electron chi connectivity index (χ2n) is 6.27. The lowest BCUT2D eigenvalue weighted by molar-refractivity contribution is -0.123. The largest absolute Gasteiger partial charge is 0.465 e. The van der Waals surface area contributed by atoms with Crippen molar-refractivity contribution in [2.45, 2.75) is 31.4 Å². The highest BCUT2D eigenvalue weighted by molar-refractivity contribution is 5.68. The summed E-state index contributed by atoms with van der Waals surface area (Å²) in [6, 6.07) is 9.39. The molecule has 2 aliphatic rings. The fourth-order valence-electron chi connectivity index (χ4n) is 2.94. The number of piperidine rings is 1. The van der Waals surface area contributed by atoms with Crippen LogP contribution in [-0.2, 0) is 16.1 Å². The minimum absolute atomic E-state index is 0.171. The fraction of sp³-hybridized carbons (Fsp3) is 0.529. The third-order valence-electron chi connectivity index (χ3n) is 4.43. The van der Waals surface area contributed by atoms with Crippen LogP contribution in [0.1, 0.15) is 12.0 Å². The number of rotatable bonds is 4. The molecule has 0 bridgehead atoms. The van der Waals surface area contributed by atoms with E-state index in [-0.39, 0.29) is 25.8 Å². The van der Waals surface area contributed by atoms with Crippen LogP contribution in [-0.4, -0.2) is 71.7 Å². The summed E-state index contributed by atoms with van der Waals surface area (Å²) < 4.78 is 24.9. The molecule has 2 heterocycles. The Balaban J connectivity index is 1.36. The van der Waals surface area contributed by atoms with Gasteiger partial charge in [0.2, 0.25) is 0 Å². The Hall–Kier alpha value is -2.35. The van der Waals surface area contributed by atoms with Crippen molar-refractivity contribution in [3.05, 3.63) is 35.9 Å². The number of hydrogen-bond acceptors (Lipinski definition) is 4. The lowest BCUT2D eigenvalue weighted by atomic mass is 10.1.